The topological polar surface area (TPSA) is 95.9 Å². The summed E-state index contributed by atoms with van der Waals surface area (Å²) in [5.74, 6) is -0.00304. The Hall–Kier alpha value is -1.66. The Morgan fingerprint density at radius 1 is 0.295 bits per heavy atom. The molecule has 2 atom stereocenters. The Kier molecular flexibility index (Phi) is 83.3. The van der Waals surface area contributed by atoms with Crippen molar-refractivity contribution in [1.82, 2.24) is 5.32 Å². The maximum absolute atomic E-state index is 12.6. The number of carbonyl (C=O) groups is 2. The molecule has 6 heteroatoms. The van der Waals surface area contributed by atoms with Gasteiger partial charge in [0, 0.05) is 12.8 Å². The molecule has 0 aliphatic rings. The predicted molar refractivity (Wildman–Crippen MR) is 421 cm³/mol. The fourth-order valence-corrected chi connectivity index (χ4v) is 14.3. The lowest BCUT2D eigenvalue weighted by atomic mass is 10.0. The zero-order valence-electron chi connectivity index (χ0n) is 64.9. The number of rotatable bonds is 84. The van der Waals surface area contributed by atoms with Crippen LogP contribution in [0.4, 0.5) is 0 Å². The van der Waals surface area contributed by atoms with Gasteiger partial charge < -0.3 is 20.3 Å². The number of aliphatic hydroxyl groups is 2. The Morgan fingerprint density at radius 3 is 0.821 bits per heavy atom. The first-order valence-electron chi connectivity index (χ1n) is 44.1. The third-order valence-corrected chi connectivity index (χ3v) is 21.0. The third kappa shape index (κ3) is 81.2. The molecule has 0 heterocycles. The van der Waals surface area contributed by atoms with Crippen LogP contribution in [0.1, 0.15) is 508 Å². The molecular weight excluding hydrogens is 1160 g/mol. The number of aliphatic hydroxyl groups excluding tert-OH is 2. The van der Waals surface area contributed by atoms with Crippen molar-refractivity contribution < 1.29 is 24.5 Å². The van der Waals surface area contributed by atoms with Crippen LogP contribution in [0, 0.1) is 0 Å². The van der Waals surface area contributed by atoms with E-state index in [0.717, 1.165) is 44.9 Å². The van der Waals surface area contributed by atoms with E-state index < -0.39 is 12.1 Å². The molecule has 3 N–H and O–H groups in total. The normalized spacial score (nSPS) is 12.5. The molecule has 0 saturated carbocycles. The fourth-order valence-electron chi connectivity index (χ4n) is 14.3. The van der Waals surface area contributed by atoms with E-state index in [2.05, 4.69) is 43.5 Å². The average Bonchev–Trinajstić information content (AvgIpc) is 2.97. The molecule has 6 nitrogen and oxygen atoms in total. The van der Waals surface area contributed by atoms with Crippen LogP contribution < -0.4 is 5.32 Å². The Bertz CT molecular complexity index is 1500. The lowest BCUT2D eigenvalue weighted by molar-refractivity contribution is -0.143. The van der Waals surface area contributed by atoms with Crippen LogP contribution in [0.15, 0.2) is 24.3 Å². The molecule has 0 fully saturated rings. The molecular formula is C89H173NO5. The highest BCUT2D eigenvalue weighted by molar-refractivity contribution is 5.76. The van der Waals surface area contributed by atoms with Gasteiger partial charge in [-0.15, -0.1) is 0 Å². The maximum Gasteiger partial charge on any atom is 0.305 e. The number of amides is 1. The zero-order chi connectivity index (χ0) is 68.4. The van der Waals surface area contributed by atoms with Crippen LogP contribution in [0.2, 0.25) is 0 Å². The number of ether oxygens (including phenoxy) is 1. The molecule has 0 aliphatic heterocycles. The van der Waals surface area contributed by atoms with E-state index in [1.54, 1.807) is 0 Å². The van der Waals surface area contributed by atoms with Crippen LogP contribution in [-0.4, -0.2) is 47.4 Å². The van der Waals surface area contributed by atoms with E-state index in [1.807, 2.05) is 0 Å². The first-order valence-corrected chi connectivity index (χ1v) is 44.1. The minimum atomic E-state index is -0.662. The Labute approximate surface area is 596 Å². The number of nitrogens with one attached hydrogen (secondary N) is 1. The van der Waals surface area contributed by atoms with Gasteiger partial charge in [0.1, 0.15) is 0 Å². The zero-order valence-corrected chi connectivity index (χ0v) is 64.9. The van der Waals surface area contributed by atoms with Gasteiger partial charge in [-0.2, -0.15) is 0 Å². The Balaban J connectivity index is 3.31. The molecule has 0 aliphatic carbocycles. The minimum Gasteiger partial charge on any atom is -0.466 e. The summed E-state index contributed by atoms with van der Waals surface area (Å²) >= 11 is 0. The molecule has 0 bridgehead atoms. The summed E-state index contributed by atoms with van der Waals surface area (Å²) in [5, 5.41) is 23.5. The largest absolute Gasteiger partial charge is 0.466 e. The molecule has 0 spiro atoms. The number of allylic oxidation sites excluding steroid dienone is 4. The summed E-state index contributed by atoms with van der Waals surface area (Å²) in [4.78, 5) is 24.7. The van der Waals surface area contributed by atoms with Crippen molar-refractivity contribution in [3.63, 3.8) is 0 Å². The average molecular weight is 1340 g/mol. The first kappa shape index (κ1) is 93.3. The van der Waals surface area contributed by atoms with E-state index >= 15 is 0 Å². The van der Waals surface area contributed by atoms with Gasteiger partial charge in [0.05, 0.1) is 25.4 Å². The highest BCUT2D eigenvalue weighted by Crippen LogP contribution is 2.21. The van der Waals surface area contributed by atoms with Gasteiger partial charge in [-0.3, -0.25) is 9.59 Å². The quantitative estimate of drug-likeness (QED) is 0.0320. The van der Waals surface area contributed by atoms with Crippen molar-refractivity contribution in [3.05, 3.63) is 24.3 Å². The van der Waals surface area contributed by atoms with E-state index in [9.17, 15) is 19.8 Å². The first-order chi connectivity index (χ1) is 47.0. The molecule has 95 heavy (non-hydrogen) atoms. The van der Waals surface area contributed by atoms with E-state index in [4.69, 9.17) is 4.74 Å². The van der Waals surface area contributed by atoms with Crippen molar-refractivity contribution in [3.8, 4) is 0 Å². The maximum atomic E-state index is 12.6. The van der Waals surface area contributed by atoms with Crippen LogP contribution in [0.3, 0.4) is 0 Å². The molecule has 0 rings (SSSR count). The van der Waals surface area contributed by atoms with Crippen LogP contribution in [-0.2, 0) is 14.3 Å². The van der Waals surface area contributed by atoms with Crippen molar-refractivity contribution in [2.75, 3.05) is 13.2 Å². The summed E-state index contributed by atoms with van der Waals surface area (Å²) in [6.07, 6.45) is 110. The summed E-state index contributed by atoms with van der Waals surface area (Å²) < 4.78 is 5.52. The lowest BCUT2D eigenvalue weighted by Gasteiger charge is -2.22. The molecule has 2 unspecified atom stereocenters. The SMILES string of the molecule is CCCCC/C=C\C/C=C\CCCCCCCCCCCC(=O)OCCCCCCCCCCCCCCCCCCCCCCCCCCCCCCCCCCCCCC(=O)NC(CO)C(O)CCCCCCCCCCCCCCCCCCCCCCCCCC. The van der Waals surface area contributed by atoms with Crippen LogP contribution >= 0.6 is 0 Å². The molecule has 564 valence electrons. The van der Waals surface area contributed by atoms with Crippen molar-refractivity contribution >= 4 is 11.9 Å². The van der Waals surface area contributed by atoms with Gasteiger partial charge in [0.15, 0.2) is 0 Å². The monoisotopic (exact) mass is 1340 g/mol. The summed E-state index contributed by atoms with van der Waals surface area (Å²) in [7, 11) is 0. The summed E-state index contributed by atoms with van der Waals surface area (Å²) in [6.45, 7) is 4.99. The van der Waals surface area contributed by atoms with Crippen LogP contribution in [0.5, 0.6) is 0 Å². The van der Waals surface area contributed by atoms with Gasteiger partial charge in [0.25, 0.3) is 0 Å². The highest BCUT2D eigenvalue weighted by atomic mass is 16.5. The predicted octanol–water partition coefficient (Wildman–Crippen LogP) is 29.6. The van der Waals surface area contributed by atoms with E-state index in [0.29, 0.717) is 25.9 Å². The van der Waals surface area contributed by atoms with Gasteiger partial charge in [-0.25, -0.2) is 0 Å². The second-order valence-corrected chi connectivity index (χ2v) is 30.6. The molecule has 0 aromatic rings. The molecule has 0 aromatic heterocycles. The van der Waals surface area contributed by atoms with Crippen molar-refractivity contribution in [2.45, 2.75) is 520 Å². The number of hydrogen-bond acceptors (Lipinski definition) is 5. The van der Waals surface area contributed by atoms with Crippen molar-refractivity contribution in [2.24, 2.45) is 0 Å². The number of carbonyl (C=O) groups excluding carboxylic acids is 2. The number of unbranched alkanes of at least 4 members (excludes halogenated alkanes) is 69. The van der Waals surface area contributed by atoms with Crippen molar-refractivity contribution in [1.29, 1.82) is 0 Å². The Morgan fingerprint density at radius 2 is 0.526 bits per heavy atom. The molecule has 1 amide bonds. The van der Waals surface area contributed by atoms with E-state index in [-0.39, 0.29) is 18.5 Å². The standard InChI is InChI=1S/C89H173NO5/c1-3-5-7-9-11-13-15-17-19-21-23-24-25-39-42-46-49-53-57-61-65-69-73-77-81-87(92)86(85-91)90-88(93)82-78-74-70-66-62-58-54-50-47-43-40-37-35-33-31-29-27-26-28-30-32-34-36-38-41-44-48-52-56-60-64-68-72-76-80-84-95-89(94)83-79-75-71-67-63-59-55-51-45-22-20-18-16-14-12-10-8-6-4-2/h12,14,18,20,86-87,91-92H,3-11,13,15-17,19,21-85H2,1-2H3,(H,90,93)/b14-12-,20-18-. The molecule has 0 aromatic carbocycles. The van der Waals surface area contributed by atoms with Gasteiger partial charge >= 0.3 is 5.97 Å². The van der Waals surface area contributed by atoms with Crippen LogP contribution in [0.25, 0.3) is 0 Å². The molecule has 0 saturated heterocycles. The lowest BCUT2D eigenvalue weighted by Crippen LogP contribution is -2.45. The highest BCUT2D eigenvalue weighted by Gasteiger charge is 2.20. The smallest absolute Gasteiger partial charge is 0.305 e. The summed E-state index contributed by atoms with van der Waals surface area (Å²) in [5.41, 5.74) is 0. The molecule has 0 radical (unpaired) electrons. The third-order valence-electron chi connectivity index (χ3n) is 21.0. The fraction of sp³-hybridized carbons (Fsp3) is 0.933. The van der Waals surface area contributed by atoms with E-state index in [1.165, 1.54) is 430 Å². The van der Waals surface area contributed by atoms with Gasteiger partial charge in [-0.1, -0.05) is 462 Å². The second-order valence-electron chi connectivity index (χ2n) is 30.6. The van der Waals surface area contributed by atoms with Gasteiger partial charge in [-0.05, 0) is 57.8 Å². The minimum absolute atomic E-state index is 0.0201. The summed E-state index contributed by atoms with van der Waals surface area (Å²) in [6, 6.07) is -0.539. The number of esters is 1. The van der Waals surface area contributed by atoms with Gasteiger partial charge in [0.2, 0.25) is 5.91 Å². The second kappa shape index (κ2) is 84.8. The number of hydrogen-bond donors (Lipinski definition) is 3.